The van der Waals surface area contributed by atoms with Gasteiger partial charge in [-0.1, -0.05) is 54.4 Å². The molecule has 4 saturated carbocycles. The molecule has 0 saturated heterocycles. The zero-order chi connectivity index (χ0) is 25.5. The van der Waals surface area contributed by atoms with Gasteiger partial charge in [-0.25, -0.2) is 0 Å². The molecule has 0 aliphatic heterocycles. The molecule has 6 unspecified atom stereocenters. The maximum atomic E-state index is 13.2. The maximum absolute atomic E-state index is 13.2. The van der Waals surface area contributed by atoms with Gasteiger partial charge in [0.25, 0.3) is 0 Å². The summed E-state index contributed by atoms with van der Waals surface area (Å²) in [6.07, 6.45) is 7.35. The van der Waals surface area contributed by atoms with Crippen molar-refractivity contribution in [1.82, 2.24) is 0 Å². The summed E-state index contributed by atoms with van der Waals surface area (Å²) in [6.45, 7) is 14.1. The highest BCUT2D eigenvalue weighted by atomic mass is 16.5. The minimum absolute atomic E-state index is 0.0382. The molecule has 192 valence electrons. The lowest BCUT2D eigenvalue weighted by Crippen LogP contribution is -2.30. The molecule has 36 heavy (non-hydrogen) atoms. The Morgan fingerprint density at radius 3 is 1.36 bits per heavy atom. The molecule has 3 nitrogen and oxygen atoms in total. The molecule has 0 heterocycles. The van der Waals surface area contributed by atoms with Crippen molar-refractivity contribution < 1.29 is 14.3 Å². The second-order valence-corrected chi connectivity index (χ2v) is 13.7. The molecule has 0 radical (unpaired) electrons. The summed E-state index contributed by atoms with van der Waals surface area (Å²) < 4.78 is 13.3. The first-order chi connectivity index (χ1) is 17.0. The quantitative estimate of drug-likeness (QED) is 0.387. The summed E-state index contributed by atoms with van der Waals surface area (Å²) in [5.41, 5.74) is 1.75. The number of carbonyl (C=O) groups excluding carboxylic acids is 1. The summed E-state index contributed by atoms with van der Waals surface area (Å²) >= 11 is 0. The minimum atomic E-state index is -0.0449. The molecule has 0 aromatic heterocycles. The molecule has 0 amide bonds. The van der Waals surface area contributed by atoms with E-state index < -0.39 is 0 Å². The Balaban J connectivity index is 1.13. The van der Waals surface area contributed by atoms with Crippen LogP contribution in [0.15, 0.2) is 48.5 Å². The van der Waals surface area contributed by atoms with E-state index >= 15 is 0 Å². The molecule has 0 spiro atoms. The summed E-state index contributed by atoms with van der Waals surface area (Å²) in [4.78, 5) is 13.2. The van der Waals surface area contributed by atoms with E-state index in [9.17, 15) is 4.79 Å². The Morgan fingerprint density at radius 2 is 1.00 bits per heavy atom. The SMILES string of the molecule is CC1CCC2C(C)(C)C2(Oc2ccc(C(=O)c3ccc(OC45CC(C)CCC4C5(C)C)cc3)cc2)C1. The predicted octanol–water partition coefficient (Wildman–Crippen LogP) is 8.10. The van der Waals surface area contributed by atoms with Crippen LogP contribution in [0, 0.1) is 34.5 Å². The lowest BCUT2D eigenvalue weighted by atomic mass is 9.88. The van der Waals surface area contributed by atoms with E-state index in [4.69, 9.17) is 9.47 Å². The Kier molecular flexibility index (Phi) is 5.25. The molecule has 0 bridgehead atoms. The Labute approximate surface area is 217 Å². The minimum Gasteiger partial charge on any atom is -0.486 e. The Morgan fingerprint density at radius 1 is 0.639 bits per heavy atom. The first-order valence-corrected chi connectivity index (χ1v) is 14.1. The highest BCUT2D eigenvalue weighted by molar-refractivity contribution is 6.09. The number of fused-ring (bicyclic) bond motifs is 2. The summed E-state index contributed by atoms with van der Waals surface area (Å²) in [7, 11) is 0. The standard InChI is InChI=1S/C33H42O3/c1-21-7-17-27-30(3,4)32(27,19-21)35-25-13-9-23(10-14-25)29(34)24-11-15-26(16-12-24)36-33-20-22(2)8-18-28(33)31(33,5)6/h9-16,21-22,27-28H,7-8,17-20H2,1-6H3. The van der Waals surface area contributed by atoms with Crippen molar-refractivity contribution in [1.29, 1.82) is 0 Å². The van der Waals surface area contributed by atoms with Gasteiger partial charge in [-0.3, -0.25) is 4.79 Å². The van der Waals surface area contributed by atoms with Gasteiger partial charge in [0.1, 0.15) is 22.7 Å². The lowest BCUT2D eigenvalue weighted by Gasteiger charge is -2.29. The van der Waals surface area contributed by atoms with Crippen LogP contribution in [-0.2, 0) is 0 Å². The number of carbonyl (C=O) groups is 1. The van der Waals surface area contributed by atoms with Crippen molar-refractivity contribution in [3.8, 4) is 11.5 Å². The van der Waals surface area contributed by atoms with E-state index in [-0.39, 0.29) is 27.8 Å². The fourth-order valence-electron chi connectivity index (χ4n) is 8.41. The maximum Gasteiger partial charge on any atom is 0.193 e. The van der Waals surface area contributed by atoms with Crippen LogP contribution in [0.1, 0.15) is 96.0 Å². The Hall–Kier alpha value is -2.29. The van der Waals surface area contributed by atoms with E-state index in [1.54, 1.807) is 0 Å². The third kappa shape index (κ3) is 3.41. The van der Waals surface area contributed by atoms with Crippen molar-refractivity contribution in [3.63, 3.8) is 0 Å². The number of ketones is 1. The number of rotatable bonds is 6. The highest BCUT2D eigenvalue weighted by Gasteiger charge is 2.75. The zero-order valence-electron chi connectivity index (χ0n) is 22.9. The van der Waals surface area contributed by atoms with Crippen molar-refractivity contribution in [2.24, 2.45) is 34.5 Å². The zero-order valence-corrected chi connectivity index (χ0v) is 22.9. The van der Waals surface area contributed by atoms with Gasteiger partial charge in [-0.15, -0.1) is 0 Å². The van der Waals surface area contributed by atoms with Crippen molar-refractivity contribution in [3.05, 3.63) is 59.7 Å². The molecule has 6 atom stereocenters. The molecular formula is C33H42O3. The summed E-state index contributed by atoms with van der Waals surface area (Å²) in [6, 6.07) is 15.5. The second-order valence-electron chi connectivity index (χ2n) is 13.7. The first-order valence-electron chi connectivity index (χ1n) is 14.1. The molecular weight excluding hydrogens is 444 g/mol. The third-order valence-electron chi connectivity index (χ3n) is 10.9. The van der Waals surface area contributed by atoms with E-state index in [1.165, 1.54) is 25.7 Å². The number of ether oxygens (including phenoxy) is 2. The van der Waals surface area contributed by atoms with Crippen LogP contribution in [0.5, 0.6) is 11.5 Å². The monoisotopic (exact) mass is 486 g/mol. The van der Waals surface area contributed by atoms with Gasteiger partial charge in [-0.05, 0) is 86.1 Å². The summed E-state index contributed by atoms with van der Waals surface area (Å²) in [5, 5.41) is 0. The summed E-state index contributed by atoms with van der Waals surface area (Å²) in [5.74, 6) is 4.47. The van der Waals surface area contributed by atoms with Gasteiger partial charge < -0.3 is 9.47 Å². The molecule has 4 fully saturated rings. The second kappa shape index (κ2) is 7.85. The van der Waals surface area contributed by atoms with Gasteiger partial charge in [0, 0.05) is 33.8 Å². The van der Waals surface area contributed by atoms with Gasteiger partial charge in [-0.2, -0.15) is 0 Å². The topological polar surface area (TPSA) is 35.5 Å². The van der Waals surface area contributed by atoms with E-state index in [0.717, 1.165) is 24.3 Å². The molecule has 2 aromatic carbocycles. The van der Waals surface area contributed by atoms with E-state index in [0.29, 0.717) is 34.8 Å². The van der Waals surface area contributed by atoms with Crippen LogP contribution < -0.4 is 9.47 Å². The largest absolute Gasteiger partial charge is 0.486 e. The Bertz CT molecular complexity index is 1070. The van der Waals surface area contributed by atoms with Crippen LogP contribution in [0.3, 0.4) is 0 Å². The van der Waals surface area contributed by atoms with Crippen LogP contribution in [0.4, 0.5) is 0 Å². The molecule has 6 rings (SSSR count). The number of hydrogen-bond acceptors (Lipinski definition) is 3. The third-order valence-corrected chi connectivity index (χ3v) is 10.9. The van der Waals surface area contributed by atoms with E-state index in [2.05, 4.69) is 41.5 Å². The van der Waals surface area contributed by atoms with Gasteiger partial charge in [0.05, 0.1) is 0 Å². The smallest absolute Gasteiger partial charge is 0.193 e. The number of hydrogen-bond donors (Lipinski definition) is 0. The molecule has 3 heteroatoms. The normalized spacial score (nSPS) is 37.3. The van der Waals surface area contributed by atoms with Gasteiger partial charge in [0.2, 0.25) is 0 Å². The van der Waals surface area contributed by atoms with Crippen molar-refractivity contribution in [2.45, 2.75) is 91.3 Å². The molecule has 2 aromatic rings. The van der Waals surface area contributed by atoms with Crippen molar-refractivity contribution in [2.75, 3.05) is 0 Å². The predicted molar refractivity (Wildman–Crippen MR) is 144 cm³/mol. The van der Waals surface area contributed by atoms with Crippen LogP contribution >= 0.6 is 0 Å². The fraction of sp³-hybridized carbons (Fsp3) is 0.606. The van der Waals surface area contributed by atoms with Crippen LogP contribution in [0.2, 0.25) is 0 Å². The molecule has 4 aliphatic rings. The fourth-order valence-corrected chi connectivity index (χ4v) is 8.41. The highest BCUT2D eigenvalue weighted by Crippen LogP contribution is 2.71. The van der Waals surface area contributed by atoms with Gasteiger partial charge >= 0.3 is 0 Å². The number of benzene rings is 2. The van der Waals surface area contributed by atoms with Gasteiger partial charge in [0.15, 0.2) is 5.78 Å². The average molecular weight is 487 g/mol. The van der Waals surface area contributed by atoms with E-state index in [1.807, 2.05) is 48.5 Å². The average Bonchev–Trinajstić information content (AvgIpc) is 3.52. The van der Waals surface area contributed by atoms with Crippen molar-refractivity contribution >= 4 is 5.78 Å². The first kappa shape index (κ1) is 24.1. The molecule has 4 aliphatic carbocycles. The lowest BCUT2D eigenvalue weighted by molar-refractivity contribution is 0.0846. The van der Waals surface area contributed by atoms with Crippen LogP contribution in [0.25, 0.3) is 0 Å². The van der Waals surface area contributed by atoms with Crippen LogP contribution in [-0.4, -0.2) is 17.0 Å². The molecule has 0 N–H and O–H groups in total.